The Balaban J connectivity index is 1.57. The summed E-state index contributed by atoms with van der Waals surface area (Å²) >= 11 is 1.43. The summed E-state index contributed by atoms with van der Waals surface area (Å²) in [5.74, 6) is 0.216. The van der Waals surface area contributed by atoms with Gasteiger partial charge in [0.25, 0.3) is 0 Å². The Morgan fingerprint density at radius 2 is 1.84 bits per heavy atom. The van der Waals surface area contributed by atoms with E-state index in [4.69, 9.17) is 9.26 Å². The zero-order chi connectivity index (χ0) is 22.2. The quantitative estimate of drug-likeness (QED) is 0.295. The van der Waals surface area contributed by atoms with Crippen molar-refractivity contribution in [3.05, 3.63) is 77.2 Å². The highest BCUT2D eigenvalue weighted by Gasteiger charge is 2.16. The number of ether oxygens (including phenoxy) is 1. The number of Topliss-reactive ketones (excluding diaryl/α,β-unsaturated/α-hetero) is 1. The fourth-order valence-corrected chi connectivity index (χ4v) is 3.59. The summed E-state index contributed by atoms with van der Waals surface area (Å²) < 4.78 is 10.4. The third kappa shape index (κ3) is 6.29. The molecule has 0 aliphatic rings. The first-order valence-electron chi connectivity index (χ1n) is 9.70. The molecule has 0 atom stereocenters. The lowest BCUT2D eigenvalue weighted by Gasteiger charge is -2.09. The number of rotatable bonds is 9. The molecule has 8 heteroatoms. The fraction of sp³-hybridized carbons (Fsp3) is 0.217. The third-order valence-electron chi connectivity index (χ3n) is 4.30. The average Bonchev–Trinajstić information content (AvgIpc) is 3.21. The summed E-state index contributed by atoms with van der Waals surface area (Å²) in [6.45, 7) is 3.22. The van der Waals surface area contributed by atoms with Crippen molar-refractivity contribution in [1.29, 1.82) is 0 Å². The molecule has 3 aromatic rings. The number of nitrogens with one attached hydrogen (secondary N) is 1. The lowest BCUT2D eigenvalue weighted by molar-refractivity contribution is -0.115. The Hall–Kier alpha value is -3.39. The minimum atomic E-state index is -0.572. The normalized spacial score (nSPS) is 10.5. The number of carbonyl (C=O) groups is 3. The molecule has 31 heavy (non-hydrogen) atoms. The predicted molar refractivity (Wildman–Crippen MR) is 117 cm³/mol. The van der Waals surface area contributed by atoms with E-state index in [-0.39, 0.29) is 18.3 Å². The van der Waals surface area contributed by atoms with Gasteiger partial charge in [0.05, 0.1) is 17.0 Å². The van der Waals surface area contributed by atoms with Crippen LogP contribution in [0.15, 0.2) is 64.0 Å². The van der Waals surface area contributed by atoms with Gasteiger partial charge in [-0.05, 0) is 43.3 Å². The second-order valence-corrected chi connectivity index (χ2v) is 7.72. The van der Waals surface area contributed by atoms with Crippen molar-refractivity contribution in [1.82, 2.24) is 5.16 Å². The number of aryl methyl sites for hydroxylation is 1. The van der Waals surface area contributed by atoms with E-state index in [1.165, 1.54) is 11.8 Å². The first-order valence-corrected chi connectivity index (χ1v) is 10.7. The molecule has 0 aliphatic heterocycles. The van der Waals surface area contributed by atoms with E-state index in [2.05, 4.69) is 10.5 Å². The van der Waals surface area contributed by atoms with Gasteiger partial charge in [-0.2, -0.15) is 0 Å². The highest BCUT2D eigenvalue weighted by atomic mass is 32.2. The summed E-state index contributed by atoms with van der Waals surface area (Å²) in [5, 5.41) is 6.56. The molecule has 1 heterocycles. The topological polar surface area (TPSA) is 98.5 Å². The molecule has 3 rings (SSSR count). The molecule has 0 aliphatic carbocycles. The van der Waals surface area contributed by atoms with Gasteiger partial charge in [-0.3, -0.25) is 9.59 Å². The molecule has 1 amide bonds. The number of amides is 1. The minimum absolute atomic E-state index is 0.108. The molecule has 1 aromatic heterocycles. The van der Waals surface area contributed by atoms with Crippen LogP contribution in [-0.2, 0) is 15.3 Å². The molecule has 160 valence electrons. The lowest BCUT2D eigenvalue weighted by atomic mass is 10.1. The maximum atomic E-state index is 12.6. The first kappa shape index (κ1) is 22.3. The zero-order valence-electron chi connectivity index (χ0n) is 17.2. The number of nitrogens with zero attached hydrogens (tertiary/aromatic N) is 1. The van der Waals surface area contributed by atoms with Crippen LogP contribution in [-0.4, -0.2) is 29.4 Å². The van der Waals surface area contributed by atoms with E-state index in [1.54, 1.807) is 43.3 Å². The van der Waals surface area contributed by atoms with Crippen LogP contribution in [0.2, 0.25) is 0 Å². The molecule has 1 N–H and O–H groups in total. The number of anilines is 1. The van der Waals surface area contributed by atoms with Gasteiger partial charge >= 0.3 is 5.97 Å². The van der Waals surface area contributed by atoms with E-state index >= 15 is 0 Å². The third-order valence-corrected chi connectivity index (χ3v) is 5.40. The summed E-state index contributed by atoms with van der Waals surface area (Å²) in [6, 6.07) is 15.3. The van der Waals surface area contributed by atoms with Gasteiger partial charge in [-0.15, -0.1) is 11.8 Å². The van der Waals surface area contributed by atoms with Crippen LogP contribution in [0.25, 0.3) is 0 Å². The first-order chi connectivity index (χ1) is 15.0. The van der Waals surface area contributed by atoms with Crippen molar-refractivity contribution >= 4 is 35.1 Å². The zero-order valence-corrected chi connectivity index (χ0v) is 18.0. The molecule has 7 nitrogen and oxygen atoms in total. The van der Waals surface area contributed by atoms with Gasteiger partial charge in [-0.25, -0.2) is 4.79 Å². The van der Waals surface area contributed by atoms with Crippen LogP contribution in [0.1, 0.15) is 45.5 Å². The van der Waals surface area contributed by atoms with Crippen LogP contribution in [0, 0.1) is 6.92 Å². The molecular weight excluding hydrogens is 416 g/mol. The van der Waals surface area contributed by atoms with E-state index in [0.29, 0.717) is 34.7 Å². The molecule has 0 bridgehead atoms. The number of ketones is 1. The average molecular weight is 439 g/mol. The summed E-state index contributed by atoms with van der Waals surface area (Å²) in [5.41, 5.74) is 2.18. The molecule has 0 saturated carbocycles. The molecule has 0 fully saturated rings. The number of hydrogen-bond donors (Lipinski definition) is 1. The van der Waals surface area contributed by atoms with Crippen molar-refractivity contribution in [2.75, 3.05) is 11.9 Å². The molecule has 2 aromatic carbocycles. The molecule has 0 unspecified atom stereocenters. The van der Waals surface area contributed by atoms with Crippen molar-refractivity contribution < 1.29 is 23.6 Å². The molecule has 0 radical (unpaired) electrons. The number of benzene rings is 2. The van der Waals surface area contributed by atoms with E-state index in [1.807, 2.05) is 25.1 Å². The SMILES string of the molecule is CCC(=O)Nc1ccc(C(=O)COC(=O)c2ccccc2SCc2cc(C)no2)cc1. The van der Waals surface area contributed by atoms with Gasteiger partial charge < -0.3 is 14.6 Å². The number of hydrogen-bond acceptors (Lipinski definition) is 7. The van der Waals surface area contributed by atoms with Crippen molar-refractivity contribution in [2.24, 2.45) is 0 Å². The monoisotopic (exact) mass is 438 g/mol. The van der Waals surface area contributed by atoms with Gasteiger partial charge in [0.1, 0.15) is 5.76 Å². The highest BCUT2D eigenvalue weighted by molar-refractivity contribution is 7.98. The highest BCUT2D eigenvalue weighted by Crippen LogP contribution is 2.27. The van der Waals surface area contributed by atoms with Gasteiger partial charge in [-0.1, -0.05) is 24.2 Å². The van der Waals surface area contributed by atoms with Crippen molar-refractivity contribution in [2.45, 2.75) is 30.9 Å². The largest absolute Gasteiger partial charge is 0.454 e. The second kappa shape index (κ2) is 10.6. The van der Waals surface area contributed by atoms with Gasteiger partial charge in [0.2, 0.25) is 5.91 Å². The Labute approximate surface area is 184 Å². The maximum absolute atomic E-state index is 12.6. The molecular formula is C23H22N2O5S. The number of aromatic nitrogens is 1. The van der Waals surface area contributed by atoms with Crippen LogP contribution in [0.3, 0.4) is 0 Å². The number of carbonyl (C=O) groups excluding carboxylic acids is 3. The number of thioether (sulfide) groups is 1. The second-order valence-electron chi connectivity index (χ2n) is 6.70. The summed E-state index contributed by atoms with van der Waals surface area (Å²) in [4.78, 5) is 37.1. The summed E-state index contributed by atoms with van der Waals surface area (Å²) in [6.07, 6.45) is 0.369. The van der Waals surface area contributed by atoms with E-state index < -0.39 is 5.97 Å². The minimum Gasteiger partial charge on any atom is -0.454 e. The Bertz CT molecular complexity index is 1080. The smallest absolute Gasteiger partial charge is 0.339 e. The van der Waals surface area contributed by atoms with Crippen molar-refractivity contribution in [3.63, 3.8) is 0 Å². The van der Waals surface area contributed by atoms with Gasteiger partial charge in [0, 0.05) is 28.6 Å². The predicted octanol–water partition coefficient (Wildman–Crippen LogP) is 4.66. The van der Waals surface area contributed by atoms with Crippen LogP contribution in [0.5, 0.6) is 0 Å². The van der Waals surface area contributed by atoms with Crippen LogP contribution < -0.4 is 5.32 Å². The lowest BCUT2D eigenvalue weighted by Crippen LogP contribution is -2.15. The summed E-state index contributed by atoms with van der Waals surface area (Å²) in [7, 11) is 0. The Morgan fingerprint density at radius 3 is 2.52 bits per heavy atom. The molecule has 0 spiro atoms. The fourth-order valence-electron chi connectivity index (χ4n) is 2.68. The maximum Gasteiger partial charge on any atom is 0.339 e. The number of esters is 1. The Kier molecular flexibility index (Phi) is 7.61. The Morgan fingerprint density at radius 1 is 1.10 bits per heavy atom. The molecule has 0 saturated heterocycles. The van der Waals surface area contributed by atoms with E-state index in [9.17, 15) is 14.4 Å². The van der Waals surface area contributed by atoms with Gasteiger partial charge in [0.15, 0.2) is 12.4 Å². The van der Waals surface area contributed by atoms with Crippen molar-refractivity contribution in [3.8, 4) is 0 Å². The van der Waals surface area contributed by atoms with Crippen LogP contribution >= 0.6 is 11.8 Å². The standard InChI is InChI=1S/C23H22N2O5S/c1-3-22(27)24-17-10-8-16(9-11-17)20(26)13-29-23(28)19-6-4-5-7-21(19)31-14-18-12-15(2)25-30-18/h4-12H,3,13-14H2,1-2H3,(H,24,27). The van der Waals surface area contributed by atoms with Crippen LogP contribution in [0.4, 0.5) is 5.69 Å². The van der Waals surface area contributed by atoms with E-state index in [0.717, 1.165) is 10.6 Å².